The fourth-order valence-corrected chi connectivity index (χ4v) is 2.54. The monoisotopic (exact) mass is 370 g/mol. The number of hydrogen-bond donors (Lipinski definition) is 1. The van der Waals surface area contributed by atoms with Crippen molar-refractivity contribution in [3.63, 3.8) is 0 Å². The first-order valence-corrected chi connectivity index (χ1v) is 7.74. The molecule has 1 fully saturated rings. The number of aromatic nitrogens is 1. The molecule has 1 saturated heterocycles. The van der Waals surface area contributed by atoms with Crippen LogP contribution in [-0.4, -0.2) is 46.0 Å². The van der Waals surface area contributed by atoms with Crippen molar-refractivity contribution in [3.8, 4) is 5.69 Å². The molecule has 0 radical (unpaired) electrons. The number of amides is 3. The minimum absolute atomic E-state index is 0.00534. The number of hydrogen-bond acceptors (Lipinski definition) is 6. The summed E-state index contributed by atoms with van der Waals surface area (Å²) in [6.07, 6.45) is 3.17. The van der Waals surface area contributed by atoms with E-state index in [1.165, 1.54) is 18.2 Å². The lowest BCUT2D eigenvalue weighted by Gasteiger charge is -2.09. The van der Waals surface area contributed by atoms with Crippen LogP contribution in [-0.2, 0) is 14.3 Å². The third-order valence-corrected chi connectivity index (χ3v) is 3.89. The quantitative estimate of drug-likeness (QED) is 0.279. The van der Waals surface area contributed by atoms with Gasteiger partial charge in [0.15, 0.2) is 0 Å². The Labute approximate surface area is 152 Å². The zero-order chi connectivity index (χ0) is 19.6. The molecule has 0 spiro atoms. The predicted octanol–water partition coefficient (Wildman–Crippen LogP) is 1.45. The second-order valence-electron chi connectivity index (χ2n) is 5.53. The molecule has 1 aromatic carbocycles. The number of urea groups is 1. The Kier molecular flexibility index (Phi) is 4.71. The highest BCUT2D eigenvalue weighted by Crippen LogP contribution is 2.20. The van der Waals surface area contributed by atoms with Crippen LogP contribution in [0, 0.1) is 10.1 Å². The van der Waals surface area contributed by atoms with Crippen molar-refractivity contribution in [2.75, 3.05) is 13.7 Å². The molecule has 0 aliphatic carbocycles. The number of esters is 1. The fourth-order valence-electron chi connectivity index (χ4n) is 2.54. The molecule has 1 N–H and O–H groups in total. The summed E-state index contributed by atoms with van der Waals surface area (Å²) in [6.45, 7) is -0.484. The maximum atomic E-state index is 12.3. The zero-order valence-electron chi connectivity index (χ0n) is 14.1. The number of ether oxygens (including phenoxy) is 1. The van der Waals surface area contributed by atoms with E-state index in [0.29, 0.717) is 11.4 Å². The Balaban J connectivity index is 1.88. The number of nitro groups is 1. The van der Waals surface area contributed by atoms with Crippen LogP contribution in [0.3, 0.4) is 0 Å². The van der Waals surface area contributed by atoms with Crippen LogP contribution >= 0.6 is 0 Å². The molecule has 2 heterocycles. The highest BCUT2D eigenvalue weighted by Gasteiger charge is 2.35. The van der Waals surface area contributed by atoms with Gasteiger partial charge in [0.1, 0.15) is 12.2 Å². The van der Waals surface area contributed by atoms with Gasteiger partial charge in [-0.25, -0.2) is 9.69 Å². The summed E-state index contributed by atoms with van der Waals surface area (Å²) in [7, 11) is 1.16. The van der Waals surface area contributed by atoms with Crippen LogP contribution in [0.2, 0.25) is 0 Å². The molecule has 0 unspecified atom stereocenters. The highest BCUT2D eigenvalue weighted by molar-refractivity contribution is 6.15. The third kappa shape index (κ3) is 3.54. The standard InChI is InChI=1S/C17H14N4O6/c1-27-15(22)10-20-16(23)14(18-17(20)24)9-13-3-2-8-19(13)11-4-6-12(7-5-11)21(25)26/h2-9H,10H2,1H3,(H,18,24). The molecule has 1 aliphatic rings. The number of rotatable bonds is 5. The molecule has 10 heteroatoms. The molecule has 0 atom stereocenters. The molecule has 27 heavy (non-hydrogen) atoms. The maximum Gasteiger partial charge on any atom is 0.329 e. The van der Waals surface area contributed by atoms with Crippen molar-refractivity contribution in [1.29, 1.82) is 0 Å². The summed E-state index contributed by atoms with van der Waals surface area (Å²) >= 11 is 0. The summed E-state index contributed by atoms with van der Waals surface area (Å²) < 4.78 is 6.16. The largest absolute Gasteiger partial charge is 0.468 e. The van der Waals surface area contributed by atoms with E-state index >= 15 is 0 Å². The normalized spacial score (nSPS) is 15.1. The molecule has 3 amide bonds. The number of non-ortho nitro benzene ring substituents is 1. The summed E-state index contributed by atoms with van der Waals surface area (Å²) in [5, 5.41) is 13.2. The van der Waals surface area contributed by atoms with Crippen LogP contribution in [0.15, 0.2) is 48.3 Å². The molecular weight excluding hydrogens is 356 g/mol. The van der Waals surface area contributed by atoms with Gasteiger partial charge in [0.2, 0.25) is 0 Å². The molecule has 2 aromatic rings. The van der Waals surface area contributed by atoms with Crippen molar-refractivity contribution < 1.29 is 24.0 Å². The van der Waals surface area contributed by atoms with Crippen LogP contribution in [0.5, 0.6) is 0 Å². The number of methoxy groups -OCH3 is 1. The van der Waals surface area contributed by atoms with Gasteiger partial charge in [-0.2, -0.15) is 0 Å². The smallest absolute Gasteiger partial charge is 0.329 e. The van der Waals surface area contributed by atoms with E-state index in [9.17, 15) is 24.5 Å². The van der Waals surface area contributed by atoms with Crippen LogP contribution < -0.4 is 5.32 Å². The van der Waals surface area contributed by atoms with Gasteiger partial charge in [0.05, 0.1) is 12.0 Å². The van der Waals surface area contributed by atoms with E-state index in [4.69, 9.17) is 0 Å². The Bertz CT molecular complexity index is 960. The Morgan fingerprint density at radius 1 is 1.26 bits per heavy atom. The Hall–Kier alpha value is -3.95. The lowest BCUT2D eigenvalue weighted by molar-refractivity contribution is -0.384. The van der Waals surface area contributed by atoms with E-state index < -0.39 is 29.4 Å². The predicted molar refractivity (Wildman–Crippen MR) is 92.7 cm³/mol. The van der Waals surface area contributed by atoms with Crippen molar-refractivity contribution in [3.05, 3.63) is 64.1 Å². The van der Waals surface area contributed by atoms with E-state index in [2.05, 4.69) is 10.1 Å². The maximum absolute atomic E-state index is 12.3. The Morgan fingerprint density at radius 3 is 2.59 bits per heavy atom. The number of carbonyl (C=O) groups is 3. The Morgan fingerprint density at radius 2 is 1.96 bits per heavy atom. The topological polar surface area (TPSA) is 124 Å². The fraction of sp³-hybridized carbons (Fsp3) is 0.118. The molecule has 1 aliphatic heterocycles. The lowest BCUT2D eigenvalue weighted by atomic mass is 10.2. The van der Waals surface area contributed by atoms with Crippen molar-refractivity contribution in [2.45, 2.75) is 0 Å². The number of imide groups is 1. The second kappa shape index (κ2) is 7.12. The van der Waals surface area contributed by atoms with Gasteiger partial charge in [-0.1, -0.05) is 0 Å². The molecule has 138 valence electrons. The van der Waals surface area contributed by atoms with Crippen molar-refractivity contribution >= 4 is 29.7 Å². The minimum atomic E-state index is -0.718. The molecular formula is C17H14N4O6. The van der Waals surface area contributed by atoms with Gasteiger partial charge in [-0.15, -0.1) is 0 Å². The third-order valence-electron chi connectivity index (χ3n) is 3.89. The summed E-state index contributed by atoms with van der Waals surface area (Å²) in [6, 6.07) is 8.58. The highest BCUT2D eigenvalue weighted by atomic mass is 16.6. The molecule has 1 aromatic heterocycles. The van der Waals surface area contributed by atoms with Gasteiger partial charge in [0.25, 0.3) is 11.6 Å². The van der Waals surface area contributed by atoms with Gasteiger partial charge in [-0.05, 0) is 30.3 Å². The van der Waals surface area contributed by atoms with Crippen molar-refractivity contribution in [2.24, 2.45) is 0 Å². The van der Waals surface area contributed by atoms with Gasteiger partial charge >= 0.3 is 12.0 Å². The number of benzene rings is 1. The minimum Gasteiger partial charge on any atom is -0.468 e. The number of nitrogens with zero attached hydrogens (tertiary/aromatic N) is 3. The number of nitrogens with one attached hydrogen (secondary N) is 1. The SMILES string of the molecule is COC(=O)CN1C(=O)NC(=Cc2cccn2-c2ccc([N+](=O)[O-])cc2)C1=O. The molecule has 0 saturated carbocycles. The van der Waals surface area contributed by atoms with E-state index in [-0.39, 0.29) is 11.4 Å². The van der Waals surface area contributed by atoms with E-state index in [1.807, 2.05) is 0 Å². The summed E-state index contributed by atoms with van der Waals surface area (Å²) in [5.74, 6) is -1.36. The first-order valence-electron chi connectivity index (χ1n) is 7.74. The van der Waals surface area contributed by atoms with Crippen LogP contribution in [0.25, 0.3) is 11.8 Å². The lowest BCUT2D eigenvalue weighted by Crippen LogP contribution is -2.36. The first-order chi connectivity index (χ1) is 12.9. The van der Waals surface area contributed by atoms with Gasteiger partial charge in [-0.3, -0.25) is 19.7 Å². The average Bonchev–Trinajstić information content (AvgIpc) is 3.22. The number of carbonyl (C=O) groups excluding carboxylic acids is 3. The van der Waals surface area contributed by atoms with Gasteiger partial charge < -0.3 is 14.6 Å². The first kappa shape index (κ1) is 17.9. The van der Waals surface area contributed by atoms with Gasteiger partial charge in [0, 0.05) is 29.7 Å². The number of nitro benzene ring substituents is 1. The molecule has 3 rings (SSSR count). The summed E-state index contributed by atoms with van der Waals surface area (Å²) in [4.78, 5) is 46.6. The average molecular weight is 370 g/mol. The summed E-state index contributed by atoms with van der Waals surface area (Å²) in [5.41, 5.74) is 1.17. The zero-order valence-corrected chi connectivity index (χ0v) is 14.1. The van der Waals surface area contributed by atoms with Crippen molar-refractivity contribution in [1.82, 2.24) is 14.8 Å². The van der Waals surface area contributed by atoms with Crippen LogP contribution in [0.1, 0.15) is 5.69 Å². The van der Waals surface area contributed by atoms with E-state index in [0.717, 1.165) is 12.0 Å². The second-order valence-corrected chi connectivity index (χ2v) is 5.53. The molecule has 0 bridgehead atoms. The molecule has 10 nitrogen and oxygen atoms in total. The van der Waals surface area contributed by atoms with E-state index in [1.54, 1.807) is 35.0 Å². The van der Waals surface area contributed by atoms with Crippen LogP contribution in [0.4, 0.5) is 10.5 Å².